The highest BCUT2D eigenvalue weighted by atomic mass is 33.5. The molecule has 0 aromatic rings. The molecule has 10 heavy (non-hydrogen) atoms. The molecule has 0 aliphatic carbocycles. The van der Waals surface area contributed by atoms with Gasteiger partial charge in [-0.05, 0) is 35.4 Å². The second-order valence-electron chi connectivity index (χ2n) is 2.66. The Morgan fingerprint density at radius 3 is 2.70 bits per heavy atom. The molecule has 4 heteroatoms. The van der Waals surface area contributed by atoms with Crippen LogP contribution in [0.1, 0.15) is 13.8 Å². The second kappa shape index (κ2) is 2.91. The lowest BCUT2D eigenvalue weighted by molar-refractivity contribution is 0.698. The molecule has 1 aliphatic rings. The fraction of sp³-hybridized carbons (Fsp3) is 0.667. The average Bonchev–Trinajstić information content (AvgIpc) is 1.78. The van der Waals surface area contributed by atoms with Crippen molar-refractivity contribution in [3.05, 3.63) is 12.2 Å². The van der Waals surface area contributed by atoms with E-state index in [0.717, 1.165) is 5.75 Å². The zero-order valence-corrected chi connectivity index (χ0v) is 8.50. The molecule has 58 valence electrons. The first kappa shape index (κ1) is 8.68. The van der Waals surface area contributed by atoms with Crippen LogP contribution in [0.2, 0.25) is 0 Å². The Labute approximate surface area is 71.3 Å². The van der Waals surface area contributed by atoms with E-state index in [9.17, 15) is 4.21 Å². The topological polar surface area (TPSA) is 17.1 Å². The summed E-state index contributed by atoms with van der Waals surface area (Å²) in [5.74, 6) is 0.840. The van der Waals surface area contributed by atoms with Gasteiger partial charge in [0.1, 0.15) is 8.86 Å². The third kappa shape index (κ3) is 1.80. The highest BCUT2D eigenvalue weighted by Crippen LogP contribution is 2.44. The molecule has 1 nitrogen and oxygen atoms in total. The summed E-state index contributed by atoms with van der Waals surface area (Å²) in [6.45, 7) is 8.06. The first-order chi connectivity index (χ1) is 4.52. The molecule has 1 aliphatic heterocycles. The summed E-state index contributed by atoms with van der Waals surface area (Å²) in [6, 6.07) is 0. The van der Waals surface area contributed by atoms with E-state index in [1.807, 2.05) is 0 Å². The molecule has 0 aromatic heterocycles. The van der Waals surface area contributed by atoms with Crippen molar-refractivity contribution in [2.24, 2.45) is 0 Å². The number of hydrogen-bond donors (Lipinski definition) is 0. The molecule has 0 spiro atoms. The number of hydrogen-bond acceptors (Lipinski definition) is 3. The van der Waals surface area contributed by atoms with Crippen molar-refractivity contribution >= 4 is 30.5 Å². The molecule has 1 heterocycles. The van der Waals surface area contributed by atoms with Gasteiger partial charge in [-0.2, -0.15) is 0 Å². The van der Waals surface area contributed by atoms with Crippen molar-refractivity contribution in [3.63, 3.8) is 0 Å². The Morgan fingerprint density at radius 1 is 1.70 bits per heavy atom. The maximum atomic E-state index is 11.0. The fourth-order valence-corrected chi connectivity index (χ4v) is 6.45. The molecular formula is C6H10OS3. The molecule has 1 saturated heterocycles. The molecule has 0 radical (unpaired) electrons. The van der Waals surface area contributed by atoms with Gasteiger partial charge in [0.05, 0.1) is 0 Å². The minimum atomic E-state index is -0.758. The van der Waals surface area contributed by atoms with E-state index in [-0.39, 0.29) is 4.75 Å². The largest absolute Gasteiger partial charge is 0.236 e. The molecule has 0 N–H and O–H groups in total. The fourth-order valence-electron chi connectivity index (χ4n) is 0.546. The quantitative estimate of drug-likeness (QED) is 0.435. The van der Waals surface area contributed by atoms with Crippen molar-refractivity contribution in [1.29, 1.82) is 0 Å². The van der Waals surface area contributed by atoms with Gasteiger partial charge >= 0.3 is 0 Å². The summed E-state index contributed by atoms with van der Waals surface area (Å²) >= 11 is 0. The first-order valence-electron chi connectivity index (χ1n) is 2.95. The summed E-state index contributed by atoms with van der Waals surface area (Å²) in [6.07, 6.45) is 0. The van der Waals surface area contributed by atoms with Gasteiger partial charge in [0.15, 0.2) is 0 Å². The maximum absolute atomic E-state index is 11.0. The lowest BCUT2D eigenvalue weighted by Gasteiger charge is -2.29. The van der Waals surface area contributed by atoms with Gasteiger partial charge in [-0.1, -0.05) is 12.2 Å². The normalized spacial score (nSPS) is 32.2. The molecule has 1 fully saturated rings. The lowest BCUT2D eigenvalue weighted by atomic mass is 10.1. The molecule has 0 amide bonds. The van der Waals surface area contributed by atoms with Gasteiger partial charge in [-0.15, -0.1) is 0 Å². The van der Waals surface area contributed by atoms with Crippen LogP contribution < -0.4 is 0 Å². The van der Waals surface area contributed by atoms with E-state index in [1.54, 1.807) is 0 Å². The Hall–Kier alpha value is 0.590. The van der Waals surface area contributed by atoms with Crippen LogP contribution in [0.3, 0.4) is 0 Å². The van der Waals surface area contributed by atoms with Crippen molar-refractivity contribution in [3.8, 4) is 0 Å². The van der Waals surface area contributed by atoms with Crippen LogP contribution in [-0.2, 0) is 8.86 Å². The van der Waals surface area contributed by atoms with E-state index < -0.39 is 8.86 Å². The minimum Gasteiger partial charge on any atom is -0.236 e. The van der Waals surface area contributed by atoms with E-state index in [0.29, 0.717) is 0 Å². The Bertz CT molecular complexity index is 185. The predicted molar refractivity (Wildman–Crippen MR) is 51.4 cm³/mol. The van der Waals surface area contributed by atoms with E-state index in [2.05, 4.69) is 20.4 Å². The number of rotatable bonds is 0. The smallest absolute Gasteiger partial charge is 0.142 e. The van der Waals surface area contributed by atoms with Gasteiger partial charge in [-0.3, -0.25) is 0 Å². The summed E-state index contributed by atoms with van der Waals surface area (Å²) in [7, 11) is 2.19. The van der Waals surface area contributed by atoms with Crippen molar-refractivity contribution in [2.45, 2.75) is 18.6 Å². The average molecular weight is 194 g/mol. The van der Waals surface area contributed by atoms with Crippen molar-refractivity contribution in [2.75, 3.05) is 5.75 Å². The zero-order valence-electron chi connectivity index (χ0n) is 6.05. The third-order valence-corrected chi connectivity index (χ3v) is 7.02. The summed E-state index contributed by atoms with van der Waals surface area (Å²) in [5, 5.41) is 0. The van der Waals surface area contributed by atoms with Crippen LogP contribution in [0, 0.1) is 0 Å². The lowest BCUT2D eigenvalue weighted by Crippen LogP contribution is -2.23. The summed E-state index contributed by atoms with van der Waals surface area (Å²) in [5.41, 5.74) is 1.18. The standard InChI is InChI=1S/C6H10OS3/c1-5-4-8-10(7)9-6(5,2)3/h1,4H2,2-3H3. The van der Waals surface area contributed by atoms with E-state index in [1.165, 1.54) is 27.2 Å². The van der Waals surface area contributed by atoms with Crippen LogP contribution in [-0.4, -0.2) is 14.7 Å². The first-order valence-corrected chi connectivity index (χ1v) is 6.94. The SMILES string of the molecule is C=C1CSS(=O)SC1(C)C. The molecule has 1 unspecified atom stereocenters. The Kier molecular flexibility index (Phi) is 2.53. The van der Waals surface area contributed by atoms with Gasteiger partial charge in [0.2, 0.25) is 0 Å². The second-order valence-corrected chi connectivity index (χ2v) is 8.44. The molecular weight excluding hydrogens is 184 g/mol. The zero-order chi connectivity index (χ0) is 7.78. The molecule has 0 aromatic carbocycles. The van der Waals surface area contributed by atoms with Gasteiger partial charge in [0.25, 0.3) is 0 Å². The van der Waals surface area contributed by atoms with Gasteiger partial charge in [-0.25, -0.2) is 4.21 Å². The van der Waals surface area contributed by atoms with Crippen molar-refractivity contribution < 1.29 is 4.21 Å². The maximum Gasteiger partial charge on any atom is 0.142 e. The van der Waals surface area contributed by atoms with Crippen LogP contribution in [0.5, 0.6) is 0 Å². The van der Waals surface area contributed by atoms with E-state index >= 15 is 0 Å². The van der Waals surface area contributed by atoms with Gasteiger partial charge < -0.3 is 0 Å². The van der Waals surface area contributed by atoms with E-state index in [4.69, 9.17) is 0 Å². The highest BCUT2D eigenvalue weighted by Gasteiger charge is 2.30. The van der Waals surface area contributed by atoms with Crippen LogP contribution in [0.4, 0.5) is 0 Å². The Morgan fingerprint density at radius 2 is 2.30 bits per heavy atom. The van der Waals surface area contributed by atoms with Crippen LogP contribution >= 0.6 is 21.6 Å². The molecule has 0 bridgehead atoms. The monoisotopic (exact) mass is 194 g/mol. The summed E-state index contributed by atoms with van der Waals surface area (Å²) < 4.78 is 11.0. The van der Waals surface area contributed by atoms with Crippen LogP contribution in [0.25, 0.3) is 0 Å². The van der Waals surface area contributed by atoms with Crippen molar-refractivity contribution in [1.82, 2.24) is 0 Å². The predicted octanol–water partition coefficient (Wildman–Crippen LogP) is 2.38. The molecule has 1 atom stereocenters. The Balaban J connectivity index is 2.73. The van der Waals surface area contributed by atoms with Gasteiger partial charge in [0, 0.05) is 10.5 Å². The van der Waals surface area contributed by atoms with Crippen LogP contribution in [0.15, 0.2) is 12.2 Å². The molecule has 1 rings (SSSR count). The summed E-state index contributed by atoms with van der Waals surface area (Å²) in [4.78, 5) is 0. The highest BCUT2D eigenvalue weighted by molar-refractivity contribution is 9.02. The third-order valence-electron chi connectivity index (χ3n) is 1.46. The molecule has 0 saturated carbocycles. The minimum absolute atomic E-state index is 0.0100.